The van der Waals surface area contributed by atoms with Crippen LogP contribution in [0.5, 0.6) is 0 Å². The number of pyridine rings is 1. The van der Waals surface area contributed by atoms with Crippen LogP contribution in [0.4, 0.5) is 0 Å². The molecule has 0 saturated carbocycles. The summed E-state index contributed by atoms with van der Waals surface area (Å²) in [5, 5.41) is 12.0. The lowest BCUT2D eigenvalue weighted by molar-refractivity contribution is 0.194. The zero-order valence-electron chi connectivity index (χ0n) is 18.2. The van der Waals surface area contributed by atoms with Gasteiger partial charge in [0.05, 0.1) is 0 Å². The van der Waals surface area contributed by atoms with Gasteiger partial charge in [0.2, 0.25) is 0 Å². The topological polar surface area (TPSA) is 61.1 Å². The SMILES string of the molecule is CCNC(=NCCc1nnc2ccccn12)N1CCN(C/C=C/c2ccccc2)CC1. The fourth-order valence-corrected chi connectivity index (χ4v) is 3.79. The predicted octanol–water partition coefficient (Wildman–Crippen LogP) is 2.57. The molecule has 162 valence electrons. The zero-order valence-corrected chi connectivity index (χ0v) is 18.2. The molecule has 1 aliphatic rings. The molecule has 1 fully saturated rings. The van der Waals surface area contributed by atoms with Crippen molar-refractivity contribution in [1.82, 2.24) is 29.7 Å². The van der Waals surface area contributed by atoms with Crippen molar-refractivity contribution < 1.29 is 0 Å². The molecule has 3 heterocycles. The minimum atomic E-state index is 0.693. The average Bonchev–Trinajstić information content (AvgIpc) is 3.23. The maximum Gasteiger partial charge on any atom is 0.194 e. The summed E-state index contributed by atoms with van der Waals surface area (Å²) in [7, 11) is 0. The Morgan fingerprint density at radius 2 is 1.84 bits per heavy atom. The van der Waals surface area contributed by atoms with E-state index in [1.165, 1.54) is 5.56 Å². The lowest BCUT2D eigenvalue weighted by Crippen LogP contribution is -2.52. The van der Waals surface area contributed by atoms with Crippen LogP contribution in [0.25, 0.3) is 11.7 Å². The molecular weight excluding hydrogens is 386 g/mol. The van der Waals surface area contributed by atoms with Gasteiger partial charge in [0.15, 0.2) is 11.6 Å². The minimum absolute atomic E-state index is 0.693. The van der Waals surface area contributed by atoms with Crippen LogP contribution >= 0.6 is 0 Å². The van der Waals surface area contributed by atoms with E-state index in [-0.39, 0.29) is 0 Å². The number of aliphatic imine (C=N–C) groups is 1. The number of hydrogen-bond donors (Lipinski definition) is 1. The van der Waals surface area contributed by atoms with Gasteiger partial charge in [0, 0.05) is 58.4 Å². The van der Waals surface area contributed by atoms with Gasteiger partial charge in [-0.25, -0.2) is 0 Å². The van der Waals surface area contributed by atoms with Crippen LogP contribution in [0, 0.1) is 0 Å². The predicted molar refractivity (Wildman–Crippen MR) is 126 cm³/mol. The molecule has 1 N–H and O–H groups in total. The van der Waals surface area contributed by atoms with E-state index < -0.39 is 0 Å². The third-order valence-corrected chi connectivity index (χ3v) is 5.46. The summed E-state index contributed by atoms with van der Waals surface area (Å²) in [5.41, 5.74) is 2.13. The Labute approximate surface area is 184 Å². The normalized spacial score (nSPS) is 15.8. The standard InChI is InChI=1S/C24H31N7/c1-2-25-24(26-14-13-23-28-27-22-12-6-7-16-31(22)23)30-19-17-29(18-20-30)15-8-11-21-9-4-3-5-10-21/h3-12,16H,2,13-15,17-20H2,1H3,(H,25,26)/b11-8+. The first kappa shape index (κ1) is 21.1. The number of rotatable bonds is 7. The molecule has 0 atom stereocenters. The number of guanidine groups is 1. The van der Waals surface area contributed by atoms with Crippen LogP contribution in [0.3, 0.4) is 0 Å². The van der Waals surface area contributed by atoms with Crippen molar-refractivity contribution in [2.45, 2.75) is 13.3 Å². The third-order valence-electron chi connectivity index (χ3n) is 5.46. The Morgan fingerprint density at radius 3 is 2.65 bits per heavy atom. The summed E-state index contributed by atoms with van der Waals surface area (Å²) in [6.45, 7) is 8.71. The lowest BCUT2D eigenvalue weighted by Gasteiger charge is -2.36. The quantitative estimate of drug-likeness (QED) is 0.473. The number of benzene rings is 1. The molecule has 0 unspecified atom stereocenters. The first-order valence-electron chi connectivity index (χ1n) is 11.1. The molecule has 1 aliphatic heterocycles. The number of hydrogen-bond acceptors (Lipinski definition) is 4. The molecule has 0 bridgehead atoms. The molecule has 0 spiro atoms. The van der Waals surface area contributed by atoms with Crippen molar-refractivity contribution in [3.8, 4) is 0 Å². The van der Waals surface area contributed by atoms with Gasteiger partial charge >= 0.3 is 0 Å². The minimum Gasteiger partial charge on any atom is -0.357 e. The maximum absolute atomic E-state index is 4.86. The van der Waals surface area contributed by atoms with Gasteiger partial charge in [0.1, 0.15) is 5.82 Å². The summed E-state index contributed by atoms with van der Waals surface area (Å²) < 4.78 is 2.03. The smallest absolute Gasteiger partial charge is 0.194 e. The highest BCUT2D eigenvalue weighted by Gasteiger charge is 2.18. The van der Waals surface area contributed by atoms with E-state index in [0.29, 0.717) is 6.54 Å². The first-order valence-corrected chi connectivity index (χ1v) is 11.1. The van der Waals surface area contributed by atoms with Crippen molar-refractivity contribution in [2.24, 2.45) is 4.99 Å². The summed E-state index contributed by atoms with van der Waals surface area (Å²) >= 11 is 0. The highest BCUT2D eigenvalue weighted by atomic mass is 15.3. The molecular formula is C24H31N7. The fraction of sp³-hybridized carbons (Fsp3) is 0.375. The summed E-state index contributed by atoms with van der Waals surface area (Å²) in [6.07, 6.45) is 7.23. The van der Waals surface area contributed by atoms with Gasteiger partial charge < -0.3 is 10.2 Å². The number of aromatic nitrogens is 3. The van der Waals surface area contributed by atoms with Gasteiger partial charge in [-0.1, -0.05) is 48.6 Å². The second-order valence-corrected chi connectivity index (χ2v) is 7.63. The van der Waals surface area contributed by atoms with Crippen LogP contribution in [0.15, 0.2) is 65.8 Å². The van der Waals surface area contributed by atoms with Crippen LogP contribution in [0.2, 0.25) is 0 Å². The van der Waals surface area contributed by atoms with Gasteiger partial charge in [-0.3, -0.25) is 14.3 Å². The van der Waals surface area contributed by atoms with Crippen LogP contribution < -0.4 is 5.32 Å². The molecule has 0 amide bonds. The van der Waals surface area contributed by atoms with E-state index in [2.05, 4.69) is 68.7 Å². The van der Waals surface area contributed by atoms with Crippen LogP contribution in [-0.4, -0.2) is 76.2 Å². The van der Waals surface area contributed by atoms with Crippen molar-refractivity contribution in [3.63, 3.8) is 0 Å². The number of nitrogens with zero attached hydrogens (tertiary/aromatic N) is 6. The van der Waals surface area contributed by atoms with Crippen molar-refractivity contribution in [3.05, 3.63) is 72.2 Å². The van der Waals surface area contributed by atoms with Crippen molar-refractivity contribution >= 4 is 17.7 Å². The van der Waals surface area contributed by atoms with Gasteiger partial charge in [-0.05, 0) is 24.6 Å². The average molecular weight is 418 g/mol. The lowest BCUT2D eigenvalue weighted by atomic mass is 10.2. The third kappa shape index (κ3) is 5.70. The largest absolute Gasteiger partial charge is 0.357 e. The highest BCUT2D eigenvalue weighted by Crippen LogP contribution is 2.06. The maximum atomic E-state index is 4.86. The second kappa shape index (κ2) is 10.7. The van der Waals surface area contributed by atoms with Gasteiger partial charge in [-0.2, -0.15) is 0 Å². The molecule has 7 heteroatoms. The first-order chi connectivity index (χ1) is 15.3. The molecule has 31 heavy (non-hydrogen) atoms. The second-order valence-electron chi connectivity index (χ2n) is 7.63. The van der Waals surface area contributed by atoms with E-state index in [4.69, 9.17) is 4.99 Å². The number of nitrogens with one attached hydrogen (secondary N) is 1. The molecule has 1 aromatic carbocycles. The number of piperazine rings is 1. The molecule has 7 nitrogen and oxygen atoms in total. The van der Waals surface area contributed by atoms with E-state index in [0.717, 1.165) is 63.1 Å². The van der Waals surface area contributed by atoms with E-state index >= 15 is 0 Å². The molecule has 1 saturated heterocycles. The summed E-state index contributed by atoms with van der Waals surface area (Å²) in [4.78, 5) is 9.72. The summed E-state index contributed by atoms with van der Waals surface area (Å²) in [6, 6.07) is 16.4. The molecule has 0 radical (unpaired) electrons. The van der Waals surface area contributed by atoms with Gasteiger partial charge in [-0.15, -0.1) is 10.2 Å². The Hall–Kier alpha value is -3.19. The van der Waals surface area contributed by atoms with E-state index in [1.807, 2.05) is 34.9 Å². The summed E-state index contributed by atoms with van der Waals surface area (Å²) in [5.74, 6) is 1.95. The van der Waals surface area contributed by atoms with Crippen LogP contribution in [0.1, 0.15) is 18.3 Å². The Morgan fingerprint density at radius 1 is 1.03 bits per heavy atom. The van der Waals surface area contributed by atoms with Crippen molar-refractivity contribution in [2.75, 3.05) is 45.8 Å². The molecule has 3 aromatic rings. The van der Waals surface area contributed by atoms with E-state index in [1.54, 1.807) is 0 Å². The van der Waals surface area contributed by atoms with Gasteiger partial charge in [0.25, 0.3) is 0 Å². The monoisotopic (exact) mass is 417 g/mol. The highest BCUT2D eigenvalue weighted by molar-refractivity contribution is 5.80. The molecule has 0 aliphatic carbocycles. The zero-order chi connectivity index (χ0) is 21.3. The number of fused-ring (bicyclic) bond motifs is 1. The Balaban J connectivity index is 1.28. The Kier molecular flexibility index (Phi) is 7.28. The van der Waals surface area contributed by atoms with E-state index in [9.17, 15) is 0 Å². The molecule has 2 aromatic heterocycles. The molecule has 4 rings (SSSR count). The van der Waals surface area contributed by atoms with Crippen molar-refractivity contribution in [1.29, 1.82) is 0 Å². The Bertz CT molecular complexity index is 1000. The fourth-order valence-electron chi connectivity index (χ4n) is 3.79. The van der Waals surface area contributed by atoms with Crippen LogP contribution in [-0.2, 0) is 6.42 Å².